The van der Waals surface area contributed by atoms with Gasteiger partial charge in [0.15, 0.2) is 0 Å². The van der Waals surface area contributed by atoms with Crippen molar-refractivity contribution in [1.29, 1.82) is 0 Å². The Balaban J connectivity index is 3.02. The first kappa shape index (κ1) is 16.0. The summed E-state index contributed by atoms with van der Waals surface area (Å²) < 4.78 is 37.2. The average molecular weight is 342 g/mol. The minimum absolute atomic E-state index is 0.0549. The summed E-state index contributed by atoms with van der Waals surface area (Å²) in [6, 6.07) is 0.0657. The third kappa shape index (κ3) is 4.52. The van der Waals surface area contributed by atoms with Crippen molar-refractivity contribution < 1.29 is 13.2 Å². The van der Waals surface area contributed by atoms with Gasteiger partial charge in [0.1, 0.15) is 11.0 Å². The van der Waals surface area contributed by atoms with Crippen LogP contribution in [0.4, 0.5) is 18.9 Å². The summed E-state index contributed by atoms with van der Waals surface area (Å²) in [6.07, 6.45) is -3.26. The topological polar surface area (TPSA) is 46.9 Å². The van der Waals surface area contributed by atoms with Gasteiger partial charge in [-0.15, -0.1) is 0 Å². The van der Waals surface area contributed by atoms with Gasteiger partial charge in [0.05, 0.1) is 11.9 Å². The third-order valence-electron chi connectivity index (χ3n) is 2.70. The van der Waals surface area contributed by atoms with Gasteiger partial charge < -0.3 is 5.32 Å². The van der Waals surface area contributed by atoms with Gasteiger partial charge >= 0.3 is 6.18 Å². The standard InChI is InChI=1S/C11H15BrF3N3O/c1-6(2)7(3)17-8-4-16-18(5-11(13,14)15)10(19)9(8)12/h4,6-7,17H,5H2,1-3H3. The van der Waals surface area contributed by atoms with Crippen molar-refractivity contribution in [3.05, 3.63) is 21.0 Å². The highest BCUT2D eigenvalue weighted by Crippen LogP contribution is 2.21. The van der Waals surface area contributed by atoms with Crippen molar-refractivity contribution in [2.75, 3.05) is 5.32 Å². The molecule has 1 atom stereocenters. The lowest BCUT2D eigenvalue weighted by Crippen LogP contribution is -2.32. The lowest BCUT2D eigenvalue weighted by atomic mass is 10.1. The van der Waals surface area contributed by atoms with Crippen LogP contribution in [0.25, 0.3) is 0 Å². The lowest BCUT2D eigenvalue weighted by Gasteiger charge is -2.19. The van der Waals surface area contributed by atoms with Crippen LogP contribution in [0.15, 0.2) is 15.5 Å². The van der Waals surface area contributed by atoms with Crippen LogP contribution in [0.2, 0.25) is 0 Å². The monoisotopic (exact) mass is 341 g/mol. The molecule has 0 saturated carbocycles. The Bertz CT molecular complexity index is 499. The molecule has 108 valence electrons. The number of rotatable bonds is 4. The molecule has 1 aromatic heterocycles. The van der Waals surface area contributed by atoms with E-state index in [0.29, 0.717) is 16.3 Å². The molecule has 0 aliphatic heterocycles. The van der Waals surface area contributed by atoms with Crippen LogP contribution in [0.1, 0.15) is 20.8 Å². The molecule has 8 heteroatoms. The van der Waals surface area contributed by atoms with Crippen molar-refractivity contribution in [2.45, 2.75) is 39.5 Å². The second-order valence-corrected chi connectivity index (χ2v) is 5.42. The molecule has 0 spiro atoms. The van der Waals surface area contributed by atoms with Crippen LogP contribution in [0.3, 0.4) is 0 Å². The maximum absolute atomic E-state index is 12.2. The first-order valence-electron chi connectivity index (χ1n) is 5.70. The summed E-state index contributed by atoms with van der Waals surface area (Å²) in [5, 5.41) is 6.56. The molecule has 0 aromatic carbocycles. The van der Waals surface area contributed by atoms with Crippen LogP contribution in [0, 0.1) is 5.92 Å². The van der Waals surface area contributed by atoms with E-state index in [2.05, 4.69) is 26.3 Å². The molecule has 0 fully saturated rings. The first-order valence-corrected chi connectivity index (χ1v) is 6.50. The molecule has 0 bridgehead atoms. The summed E-state index contributed by atoms with van der Waals surface area (Å²) >= 11 is 3.01. The van der Waals surface area contributed by atoms with E-state index in [4.69, 9.17) is 0 Å². The largest absolute Gasteiger partial charge is 0.408 e. The number of aromatic nitrogens is 2. The van der Waals surface area contributed by atoms with Gasteiger partial charge in [0.2, 0.25) is 0 Å². The molecule has 0 saturated heterocycles. The van der Waals surface area contributed by atoms with Gasteiger partial charge in [-0.25, -0.2) is 4.68 Å². The number of anilines is 1. The summed E-state index contributed by atoms with van der Waals surface area (Å²) in [4.78, 5) is 11.7. The number of nitrogens with zero attached hydrogens (tertiary/aromatic N) is 2. The van der Waals surface area contributed by atoms with Crippen LogP contribution in [-0.4, -0.2) is 22.0 Å². The van der Waals surface area contributed by atoms with E-state index in [0.717, 1.165) is 0 Å². The second kappa shape index (κ2) is 5.94. The van der Waals surface area contributed by atoms with E-state index in [-0.39, 0.29) is 10.5 Å². The van der Waals surface area contributed by atoms with Gasteiger partial charge in [-0.1, -0.05) is 13.8 Å². The fraction of sp³-hybridized carbons (Fsp3) is 0.636. The van der Waals surface area contributed by atoms with E-state index < -0.39 is 18.3 Å². The molecule has 1 rings (SSSR count). The highest BCUT2D eigenvalue weighted by Gasteiger charge is 2.29. The molecule has 0 aliphatic carbocycles. The molecule has 0 radical (unpaired) electrons. The van der Waals surface area contributed by atoms with E-state index in [9.17, 15) is 18.0 Å². The van der Waals surface area contributed by atoms with Gasteiger partial charge in [-0.05, 0) is 28.8 Å². The van der Waals surface area contributed by atoms with Crippen LogP contribution < -0.4 is 10.9 Å². The van der Waals surface area contributed by atoms with E-state index in [1.807, 2.05) is 20.8 Å². The third-order valence-corrected chi connectivity index (χ3v) is 3.46. The van der Waals surface area contributed by atoms with Crippen LogP contribution in [-0.2, 0) is 6.54 Å². The van der Waals surface area contributed by atoms with Crippen LogP contribution in [0.5, 0.6) is 0 Å². The van der Waals surface area contributed by atoms with Crippen molar-refractivity contribution >= 4 is 21.6 Å². The molecule has 1 heterocycles. The van der Waals surface area contributed by atoms with Crippen molar-refractivity contribution in [1.82, 2.24) is 9.78 Å². The quantitative estimate of drug-likeness (QED) is 0.915. The van der Waals surface area contributed by atoms with Gasteiger partial charge in [-0.3, -0.25) is 4.79 Å². The summed E-state index contributed by atoms with van der Waals surface area (Å²) in [7, 11) is 0. The smallest absolute Gasteiger partial charge is 0.380 e. The maximum Gasteiger partial charge on any atom is 0.408 e. The Morgan fingerprint density at radius 2 is 2.00 bits per heavy atom. The number of hydrogen-bond donors (Lipinski definition) is 1. The number of hydrogen-bond acceptors (Lipinski definition) is 3. The predicted molar refractivity (Wildman–Crippen MR) is 70.2 cm³/mol. The van der Waals surface area contributed by atoms with Gasteiger partial charge in [0, 0.05) is 6.04 Å². The van der Waals surface area contributed by atoms with Gasteiger partial charge in [0.25, 0.3) is 5.56 Å². The van der Waals surface area contributed by atoms with E-state index in [1.165, 1.54) is 6.20 Å². The minimum atomic E-state index is -4.48. The Morgan fingerprint density at radius 1 is 1.42 bits per heavy atom. The minimum Gasteiger partial charge on any atom is -0.380 e. The zero-order valence-corrected chi connectivity index (χ0v) is 12.3. The molecule has 4 nitrogen and oxygen atoms in total. The maximum atomic E-state index is 12.2. The zero-order chi connectivity index (χ0) is 14.8. The van der Waals surface area contributed by atoms with E-state index in [1.54, 1.807) is 0 Å². The highest BCUT2D eigenvalue weighted by molar-refractivity contribution is 9.10. The molecular formula is C11H15BrF3N3O. The van der Waals surface area contributed by atoms with Crippen molar-refractivity contribution in [3.8, 4) is 0 Å². The number of halogens is 4. The molecule has 0 amide bonds. The fourth-order valence-corrected chi connectivity index (χ4v) is 1.68. The molecule has 1 unspecified atom stereocenters. The Morgan fingerprint density at radius 3 is 2.47 bits per heavy atom. The average Bonchev–Trinajstić information content (AvgIpc) is 2.27. The second-order valence-electron chi connectivity index (χ2n) is 4.63. The molecule has 0 aliphatic rings. The highest BCUT2D eigenvalue weighted by atomic mass is 79.9. The molecule has 19 heavy (non-hydrogen) atoms. The fourth-order valence-electron chi connectivity index (χ4n) is 1.26. The number of nitrogens with one attached hydrogen (secondary N) is 1. The SMILES string of the molecule is CC(C)C(C)Nc1cnn(CC(F)(F)F)c(=O)c1Br. The summed E-state index contributed by atoms with van der Waals surface area (Å²) in [5.41, 5.74) is -0.414. The normalized spacial score (nSPS) is 13.7. The molecular weight excluding hydrogens is 327 g/mol. The lowest BCUT2D eigenvalue weighted by molar-refractivity contribution is -0.143. The predicted octanol–water partition coefficient (Wildman–Crippen LogP) is 3.02. The molecule has 1 N–H and O–H groups in total. The summed E-state index contributed by atoms with van der Waals surface area (Å²) in [6.45, 7) is 4.50. The molecule has 1 aromatic rings. The first-order chi connectivity index (χ1) is 8.61. The van der Waals surface area contributed by atoms with Gasteiger partial charge in [-0.2, -0.15) is 18.3 Å². The Kier molecular flexibility index (Phi) is 5.00. The zero-order valence-electron chi connectivity index (χ0n) is 10.8. The van der Waals surface area contributed by atoms with Crippen LogP contribution >= 0.6 is 15.9 Å². The van der Waals surface area contributed by atoms with Crippen molar-refractivity contribution in [2.24, 2.45) is 5.92 Å². The number of alkyl halides is 3. The Hall–Kier alpha value is -1.05. The van der Waals surface area contributed by atoms with Crippen molar-refractivity contribution in [3.63, 3.8) is 0 Å². The Labute approximate surface area is 117 Å². The summed E-state index contributed by atoms with van der Waals surface area (Å²) in [5.74, 6) is 0.310. The van der Waals surface area contributed by atoms with E-state index >= 15 is 0 Å².